The van der Waals surface area contributed by atoms with Gasteiger partial charge in [0.15, 0.2) is 0 Å². The number of carbonyl (C=O) groups is 2. The molecule has 2 unspecified atom stereocenters. The number of aliphatic carboxylic acids is 1. The van der Waals surface area contributed by atoms with E-state index < -0.39 is 5.97 Å². The number of amides is 1. The van der Waals surface area contributed by atoms with Gasteiger partial charge in [0.2, 0.25) is 0 Å². The van der Waals surface area contributed by atoms with Crippen LogP contribution in [0.2, 0.25) is 0 Å². The third-order valence-electron chi connectivity index (χ3n) is 5.28. The van der Waals surface area contributed by atoms with Gasteiger partial charge in [-0.2, -0.15) is 0 Å². The zero-order valence-electron chi connectivity index (χ0n) is 14.1. The van der Waals surface area contributed by atoms with E-state index in [1.54, 1.807) is 14.0 Å². The van der Waals surface area contributed by atoms with Gasteiger partial charge in [0.1, 0.15) is 12.2 Å². The highest BCUT2D eigenvalue weighted by molar-refractivity contribution is 5.97. The zero-order chi connectivity index (χ0) is 17.2. The van der Waals surface area contributed by atoms with Gasteiger partial charge >= 0.3 is 5.97 Å². The summed E-state index contributed by atoms with van der Waals surface area (Å²) >= 11 is 0. The van der Waals surface area contributed by atoms with Gasteiger partial charge < -0.3 is 19.6 Å². The predicted octanol–water partition coefficient (Wildman–Crippen LogP) is 2.54. The fraction of sp³-hybridized carbons (Fsp3) is 0.647. The van der Waals surface area contributed by atoms with Crippen molar-refractivity contribution in [2.75, 3.05) is 7.11 Å². The molecule has 0 bridgehead atoms. The maximum absolute atomic E-state index is 12.6. The smallest absolute Gasteiger partial charge is 0.311 e. The molecule has 1 saturated carbocycles. The van der Waals surface area contributed by atoms with Gasteiger partial charge in [-0.05, 0) is 26.2 Å². The Labute approximate surface area is 136 Å². The van der Waals surface area contributed by atoms with Crippen molar-refractivity contribution in [3.63, 3.8) is 0 Å². The molecule has 0 saturated heterocycles. The molecule has 1 aliphatic rings. The molecule has 2 N–H and O–H groups in total. The standard InChI is InChI=1S/C17H25NO5/c1-5-17(6-2)12(8-13(17)22-4)18-16(21)15-10(3)9-23-11(15)7-14(19)20/h9,12-13H,5-8H2,1-4H3,(H,18,21)(H,19,20). The Morgan fingerprint density at radius 3 is 2.61 bits per heavy atom. The fourth-order valence-corrected chi connectivity index (χ4v) is 3.78. The van der Waals surface area contributed by atoms with Crippen LogP contribution in [0.25, 0.3) is 0 Å². The number of carboxylic acid groups (broad SMARTS) is 1. The third kappa shape index (κ3) is 3.00. The summed E-state index contributed by atoms with van der Waals surface area (Å²) in [6.45, 7) is 5.95. The molecule has 1 heterocycles. The van der Waals surface area contributed by atoms with E-state index in [0.29, 0.717) is 11.1 Å². The van der Waals surface area contributed by atoms with Crippen molar-refractivity contribution in [2.24, 2.45) is 5.41 Å². The van der Waals surface area contributed by atoms with Crippen LogP contribution in [0.1, 0.15) is 54.8 Å². The van der Waals surface area contributed by atoms with Crippen LogP contribution in [0.15, 0.2) is 10.7 Å². The lowest BCUT2D eigenvalue weighted by atomic mass is 9.58. The van der Waals surface area contributed by atoms with Crippen molar-refractivity contribution < 1.29 is 23.8 Å². The van der Waals surface area contributed by atoms with Crippen LogP contribution in [0.3, 0.4) is 0 Å². The minimum Gasteiger partial charge on any atom is -0.481 e. The summed E-state index contributed by atoms with van der Waals surface area (Å²) in [7, 11) is 1.70. The normalized spacial score (nSPS) is 22.4. The van der Waals surface area contributed by atoms with E-state index in [0.717, 1.165) is 19.3 Å². The number of hydrogen-bond donors (Lipinski definition) is 2. The second-order valence-corrected chi connectivity index (χ2v) is 6.21. The molecular weight excluding hydrogens is 298 g/mol. The van der Waals surface area contributed by atoms with Gasteiger partial charge in [-0.15, -0.1) is 0 Å². The van der Waals surface area contributed by atoms with Crippen LogP contribution < -0.4 is 5.32 Å². The molecule has 0 radical (unpaired) electrons. The lowest BCUT2D eigenvalue weighted by Gasteiger charge is -2.55. The molecule has 6 nitrogen and oxygen atoms in total. The molecule has 2 atom stereocenters. The van der Waals surface area contributed by atoms with Crippen molar-refractivity contribution in [2.45, 2.75) is 58.6 Å². The van der Waals surface area contributed by atoms with E-state index in [1.807, 2.05) is 0 Å². The number of carbonyl (C=O) groups excluding carboxylic acids is 1. The van der Waals surface area contributed by atoms with E-state index in [-0.39, 0.29) is 35.6 Å². The number of methoxy groups -OCH3 is 1. The van der Waals surface area contributed by atoms with E-state index in [2.05, 4.69) is 19.2 Å². The highest BCUT2D eigenvalue weighted by Gasteiger charge is 2.53. The van der Waals surface area contributed by atoms with Crippen molar-refractivity contribution >= 4 is 11.9 Å². The first-order chi connectivity index (χ1) is 10.9. The van der Waals surface area contributed by atoms with Gasteiger partial charge in [-0.25, -0.2) is 0 Å². The number of nitrogens with one attached hydrogen (secondary N) is 1. The lowest BCUT2D eigenvalue weighted by molar-refractivity contribution is -0.136. The fourth-order valence-electron chi connectivity index (χ4n) is 3.78. The zero-order valence-corrected chi connectivity index (χ0v) is 14.1. The molecule has 1 fully saturated rings. The van der Waals surface area contributed by atoms with Gasteiger partial charge in [0.25, 0.3) is 5.91 Å². The van der Waals surface area contributed by atoms with Crippen LogP contribution in [-0.4, -0.2) is 36.2 Å². The van der Waals surface area contributed by atoms with Gasteiger partial charge in [0, 0.05) is 24.1 Å². The van der Waals surface area contributed by atoms with Crippen molar-refractivity contribution in [1.82, 2.24) is 5.32 Å². The highest BCUT2D eigenvalue weighted by Crippen LogP contribution is 2.48. The van der Waals surface area contributed by atoms with E-state index in [9.17, 15) is 9.59 Å². The average molecular weight is 323 g/mol. The number of furan rings is 1. The molecule has 0 spiro atoms. The second kappa shape index (κ2) is 6.74. The molecule has 1 aliphatic carbocycles. The summed E-state index contributed by atoms with van der Waals surface area (Å²) < 4.78 is 10.8. The Bertz CT molecular complexity index is 588. The van der Waals surface area contributed by atoms with Gasteiger partial charge in [-0.3, -0.25) is 9.59 Å². The summed E-state index contributed by atoms with van der Waals surface area (Å²) in [5.41, 5.74) is 0.934. The minimum atomic E-state index is -1.02. The molecule has 6 heteroatoms. The number of carboxylic acids is 1. The van der Waals surface area contributed by atoms with E-state index >= 15 is 0 Å². The molecule has 1 aromatic rings. The van der Waals surface area contributed by atoms with E-state index in [4.69, 9.17) is 14.3 Å². The Morgan fingerprint density at radius 1 is 1.43 bits per heavy atom. The molecule has 1 aromatic heterocycles. The van der Waals surface area contributed by atoms with Crippen LogP contribution in [0.4, 0.5) is 0 Å². The van der Waals surface area contributed by atoms with Crippen molar-refractivity contribution in [3.05, 3.63) is 23.2 Å². The summed E-state index contributed by atoms with van der Waals surface area (Å²) in [5.74, 6) is -1.08. The third-order valence-corrected chi connectivity index (χ3v) is 5.28. The number of rotatable bonds is 7. The molecule has 128 valence electrons. The van der Waals surface area contributed by atoms with Gasteiger partial charge in [0.05, 0.1) is 17.9 Å². The van der Waals surface area contributed by atoms with Crippen LogP contribution in [0, 0.1) is 12.3 Å². The van der Waals surface area contributed by atoms with Crippen molar-refractivity contribution in [3.8, 4) is 0 Å². The average Bonchev–Trinajstić information content (AvgIpc) is 2.84. The lowest BCUT2D eigenvalue weighted by Crippen LogP contribution is -2.64. The summed E-state index contributed by atoms with van der Waals surface area (Å²) in [4.78, 5) is 23.6. The molecule has 0 aliphatic heterocycles. The van der Waals surface area contributed by atoms with Crippen molar-refractivity contribution in [1.29, 1.82) is 0 Å². The first-order valence-corrected chi connectivity index (χ1v) is 8.02. The molecule has 23 heavy (non-hydrogen) atoms. The van der Waals surface area contributed by atoms with Crippen LogP contribution in [-0.2, 0) is 16.0 Å². The number of hydrogen-bond acceptors (Lipinski definition) is 4. The molecule has 1 amide bonds. The van der Waals surface area contributed by atoms with Gasteiger partial charge in [-0.1, -0.05) is 13.8 Å². The largest absolute Gasteiger partial charge is 0.481 e. The highest BCUT2D eigenvalue weighted by atomic mass is 16.5. The predicted molar refractivity (Wildman–Crippen MR) is 84.5 cm³/mol. The second-order valence-electron chi connectivity index (χ2n) is 6.21. The van der Waals surface area contributed by atoms with Crippen LogP contribution in [0.5, 0.6) is 0 Å². The maximum Gasteiger partial charge on any atom is 0.311 e. The SMILES string of the molecule is CCC1(CC)C(NC(=O)c2c(C)coc2CC(=O)O)CC1OC. The van der Waals surface area contributed by atoms with E-state index in [1.165, 1.54) is 6.26 Å². The summed E-state index contributed by atoms with van der Waals surface area (Å²) in [5, 5.41) is 12.0. The Morgan fingerprint density at radius 2 is 2.09 bits per heavy atom. The quantitative estimate of drug-likeness (QED) is 0.805. The first-order valence-electron chi connectivity index (χ1n) is 8.02. The summed E-state index contributed by atoms with van der Waals surface area (Å²) in [6, 6.07) is 0.0296. The monoisotopic (exact) mass is 323 g/mol. The minimum absolute atomic E-state index is 0.0296. The van der Waals surface area contributed by atoms with Crippen LogP contribution >= 0.6 is 0 Å². The molecular formula is C17H25NO5. The molecule has 2 rings (SSSR count). The Kier molecular flexibility index (Phi) is 5.14. The number of aryl methyl sites for hydroxylation is 1. The topological polar surface area (TPSA) is 88.8 Å². The Hall–Kier alpha value is -1.82. The first kappa shape index (κ1) is 17.5. The maximum atomic E-state index is 12.6. The number of ether oxygens (including phenoxy) is 1. The molecule has 0 aromatic carbocycles. The summed E-state index contributed by atoms with van der Waals surface area (Å²) in [6.07, 6.45) is 3.88. The Balaban J connectivity index is 2.17.